The third kappa shape index (κ3) is 7.48. The van der Waals surface area contributed by atoms with E-state index < -0.39 is 0 Å². The predicted molar refractivity (Wildman–Crippen MR) is 104 cm³/mol. The van der Waals surface area contributed by atoms with Gasteiger partial charge in [-0.05, 0) is 49.7 Å². The lowest BCUT2D eigenvalue weighted by Crippen LogP contribution is -2.28. The summed E-state index contributed by atoms with van der Waals surface area (Å²) in [5.74, 6) is 2.93. The summed E-state index contributed by atoms with van der Waals surface area (Å²) in [6.07, 6.45) is 1.03. The van der Waals surface area contributed by atoms with Crippen molar-refractivity contribution in [2.45, 2.75) is 19.8 Å². The van der Waals surface area contributed by atoms with Crippen LogP contribution in [0.2, 0.25) is 0 Å². The van der Waals surface area contributed by atoms with Gasteiger partial charge >= 0.3 is 0 Å². The molecule has 0 aliphatic rings. The highest BCUT2D eigenvalue weighted by molar-refractivity contribution is 5.75. The third-order valence-electron chi connectivity index (χ3n) is 3.71. The number of nitrogens with one attached hydrogen (secondary N) is 1. The zero-order valence-corrected chi connectivity index (χ0v) is 15.9. The van der Waals surface area contributed by atoms with Crippen molar-refractivity contribution < 1.29 is 23.7 Å². The first-order valence-corrected chi connectivity index (χ1v) is 9.11. The van der Waals surface area contributed by atoms with E-state index in [1.54, 1.807) is 7.11 Å². The highest BCUT2D eigenvalue weighted by Crippen LogP contribution is 2.26. The molecular formula is C21H27NO5. The van der Waals surface area contributed by atoms with Crippen molar-refractivity contribution in [3.05, 3.63) is 48.5 Å². The van der Waals surface area contributed by atoms with Gasteiger partial charge in [-0.2, -0.15) is 0 Å². The van der Waals surface area contributed by atoms with Crippen LogP contribution in [0.25, 0.3) is 0 Å². The number of rotatable bonds is 12. The van der Waals surface area contributed by atoms with Crippen LogP contribution in [-0.4, -0.2) is 39.4 Å². The minimum absolute atomic E-state index is 0.0185. The molecule has 0 bridgehead atoms. The molecule has 0 fully saturated rings. The molecule has 1 N–H and O–H groups in total. The van der Waals surface area contributed by atoms with Crippen LogP contribution >= 0.6 is 0 Å². The summed E-state index contributed by atoms with van der Waals surface area (Å²) in [5.41, 5.74) is 0. The summed E-state index contributed by atoms with van der Waals surface area (Å²) in [4.78, 5) is 11.9. The van der Waals surface area contributed by atoms with Gasteiger partial charge in [0.15, 0.2) is 11.5 Å². The molecule has 0 aromatic heterocycles. The molecule has 0 unspecified atom stereocenters. The maximum Gasteiger partial charge on any atom is 0.220 e. The normalized spacial score (nSPS) is 10.1. The van der Waals surface area contributed by atoms with Crippen molar-refractivity contribution in [2.24, 2.45) is 0 Å². The largest absolute Gasteiger partial charge is 0.497 e. The number of ether oxygens (including phenoxy) is 4. The first-order chi connectivity index (χ1) is 13.2. The van der Waals surface area contributed by atoms with Crippen molar-refractivity contribution in [1.82, 2.24) is 5.32 Å². The van der Waals surface area contributed by atoms with Crippen molar-refractivity contribution in [3.63, 3.8) is 0 Å². The van der Waals surface area contributed by atoms with E-state index in [-0.39, 0.29) is 5.91 Å². The van der Waals surface area contributed by atoms with Gasteiger partial charge in [-0.25, -0.2) is 0 Å². The van der Waals surface area contributed by atoms with Crippen molar-refractivity contribution in [3.8, 4) is 23.0 Å². The number of hydrogen-bond acceptors (Lipinski definition) is 5. The van der Waals surface area contributed by atoms with E-state index >= 15 is 0 Å². The zero-order chi connectivity index (χ0) is 19.3. The molecule has 2 aromatic rings. The number of carbonyl (C=O) groups excluding carboxylic acids is 1. The number of methoxy groups -OCH3 is 1. The molecule has 0 saturated carbocycles. The second-order valence-corrected chi connectivity index (χ2v) is 5.71. The van der Waals surface area contributed by atoms with Gasteiger partial charge in [0.05, 0.1) is 26.9 Å². The second-order valence-electron chi connectivity index (χ2n) is 5.71. The van der Waals surface area contributed by atoms with Gasteiger partial charge in [0.1, 0.15) is 18.1 Å². The molecule has 6 heteroatoms. The minimum atomic E-state index is -0.0185. The molecule has 146 valence electrons. The average molecular weight is 373 g/mol. The number of hydrogen-bond donors (Lipinski definition) is 1. The maximum atomic E-state index is 11.9. The van der Waals surface area contributed by atoms with Crippen LogP contribution in [0.5, 0.6) is 23.0 Å². The number of para-hydroxylation sites is 2. The Balaban J connectivity index is 1.57. The molecule has 2 aromatic carbocycles. The molecule has 0 aliphatic heterocycles. The highest BCUT2D eigenvalue weighted by Gasteiger charge is 2.05. The molecule has 0 heterocycles. The Morgan fingerprint density at radius 2 is 1.56 bits per heavy atom. The standard InChI is InChI=1S/C21H27NO5/c1-3-25-19-7-4-5-8-20(19)27-15-6-9-21(23)22-14-16-26-18-12-10-17(24-2)11-13-18/h4-5,7-8,10-13H,3,6,9,14-16H2,1-2H3,(H,22,23). The Hall–Kier alpha value is -2.89. The van der Waals surface area contributed by atoms with Crippen molar-refractivity contribution in [1.29, 1.82) is 0 Å². The first-order valence-electron chi connectivity index (χ1n) is 9.11. The topological polar surface area (TPSA) is 66.0 Å². The summed E-state index contributed by atoms with van der Waals surface area (Å²) in [6.45, 7) is 3.84. The molecule has 0 aliphatic carbocycles. The van der Waals surface area contributed by atoms with Gasteiger partial charge in [-0.3, -0.25) is 4.79 Å². The molecular weight excluding hydrogens is 346 g/mol. The van der Waals surface area contributed by atoms with Crippen LogP contribution in [0.1, 0.15) is 19.8 Å². The fraction of sp³-hybridized carbons (Fsp3) is 0.381. The number of benzene rings is 2. The molecule has 0 atom stereocenters. The van der Waals surface area contributed by atoms with E-state index in [1.165, 1.54) is 0 Å². The van der Waals surface area contributed by atoms with Gasteiger partial charge in [0.25, 0.3) is 0 Å². The van der Waals surface area contributed by atoms with E-state index in [9.17, 15) is 4.79 Å². The van der Waals surface area contributed by atoms with Crippen LogP contribution in [-0.2, 0) is 4.79 Å². The predicted octanol–water partition coefficient (Wildman–Crippen LogP) is 3.45. The Morgan fingerprint density at radius 1 is 0.889 bits per heavy atom. The van der Waals surface area contributed by atoms with E-state index in [1.807, 2.05) is 55.5 Å². The lowest BCUT2D eigenvalue weighted by Gasteiger charge is -2.11. The molecule has 2 rings (SSSR count). The Bertz CT molecular complexity index is 687. The fourth-order valence-corrected chi connectivity index (χ4v) is 2.38. The SMILES string of the molecule is CCOc1ccccc1OCCCC(=O)NCCOc1ccc(OC)cc1. The van der Waals surface area contributed by atoms with Crippen LogP contribution in [0, 0.1) is 0 Å². The zero-order valence-electron chi connectivity index (χ0n) is 15.9. The van der Waals surface area contributed by atoms with E-state index in [2.05, 4.69) is 5.32 Å². The summed E-state index contributed by atoms with van der Waals surface area (Å²) in [5, 5.41) is 2.84. The quantitative estimate of drug-likeness (QED) is 0.577. The number of carbonyl (C=O) groups is 1. The Labute approximate surface area is 160 Å². The maximum absolute atomic E-state index is 11.9. The van der Waals surface area contributed by atoms with Gasteiger partial charge < -0.3 is 24.3 Å². The van der Waals surface area contributed by atoms with Crippen LogP contribution in [0.4, 0.5) is 0 Å². The molecule has 0 saturated heterocycles. The van der Waals surface area contributed by atoms with E-state index in [0.717, 1.165) is 17.2 Å². The number of amides is 1. The summed E-state index contributed by atoms with van der Waals surface area (Å²) >= 11 is 0. The smallest absolute Gasteiger partial charge is 0.220 e. The van der Waals surface area contributed by atoms with Crippen LogP contribution < -0.4 is 24.3 Å². The molecule has 1 amide bonds. The van der Waals surface area contributed by atoms with Gasteiger partial charge in [0.2, 0.25) is 5.91 Å². The fourth-order valence-electron chi connectivity index (χ4n) is 2.38. The molecule has 6 nitrogen and oxygen atoms in total. The van der Waals surface area contributed by atoms with Gasteiger partial charge in [-0.15, -0.1) is 0 Å². The monoisotopic (exact) mass is 373 g/mol. The second kappa shape index (κ2) is 11.7. The van der Waals surface area contributed by atoms with Crippen LogP contribution in [0.3, 0.4) is 0 Å². The lowest BCUT2D eigenvalue weighted by molar-refractivity contribution is -0.121. The Kier molecular flexibility index (Phi) is 8.83. The minimum Gasteiger partial charge on any atom is -0.497 e. The van der Waals surface area contributed by atoms with Crippen LogP contribution in [0.15, 0.2) is 48.5 Å². The molecule has 27 heavy (non-hydrogen) atoms. The van der Waals surface area contributed by atoms with E-state index in [4.69, 9.17) is 18.9 Å². The van der Waals surface area contributed by atoms with E-state index in [0.29, 0.717) is 45.0 Å². The summed E-state index contributed by atoms with van der Waals surface area (Å²) in [6, 6.07) is 14.9. The molecule has 0 spiro atoms. The lowest BCUT2D eigenvalue weighted by atomic mass is 10.3. The summed E-state index contributed by atoms with van der Waals surface area (Å²) < 4.78 is 21.9. The molecule has 0 radical (unpaired) electrons. The summed E-state index contributed by atoms with van der Waals surface area (Å²) in [7, 11) is 1.62. The van der Waals surface area contributed by atoms with Crippen molar-refractivity contribution >= 4 is 5.91 Å². The highest BCUT2D eigenvalue weighted by atomic mass is 16.5. The Morgan fingerprint density at radius 3 is 2.22 bits per heavy atom. The third-order valence-corrected chi connectivity index (χ3v) is 3.71. The van der Waals surface area contributed by atoms with Gasteiger partial charge in [0, 0.05) is 6.42 Å². The van der Waals surface area contributed by atoms with Gasteiger partial charge in [-0.1, -0.05) is 12.1 Å². The van der Waals surface area contributed by atoms with Crippen molar-refractivity contribution in [2.75, 3.05) is 33.5 Å². The average Bonchev–Trinajstić information content (AvgIpc) is 2.70. The first kappa shape index (κ1) is 20.4.